The molecule has 1 aromatic rings. The van der Waals surface area contributed by atoms with E-state index in [-0.39, 0.29) is 11.8 Å². The highest BCUT2D eigenvalue weighted by Gasteiger charge is 2.13. The van der Waals surface area contributed by atoms with Crippen LogP contribution < -0.4 is 5.32 Å². The Labute approximate surface area is 121 Å². The molecule has 0 saturated heterocycles. The van der Waals surface area contributed by atoms with E-state index in [9.17, 15) is 4.79 Å². The maximum atomic E-state index is 11.9. The number of hydrogen-bond donors (Lipinski definition) is 1. The van der Waals surface area contributed by atoms with Crippen LogP contribution >= 0.6 is 0 Å². The van der Waals surface area contributed by atoms with Crippen molar-refractivity contribution in [1.29, 1.82) is 0 Å². The van der Waals surface area contributed by atoms with E-state index in [1.807, 2.05) is 37.3 Å². The van der Waals surface area contributed by atoms with Gasteiger partial charge in [0.15, 0.2) is 0 Å². The van der Waals surface area contributed by atoms with E-state index in [1.165, 1.54) is 0 Å². The molecule has 0 fully saturated rings. The second kappa shape index (κ2) is 10.4. The highest BCUT2D eigenvalue weighted by atomic mass is 16.5. The first-order chi connectivity index (χ1) is 9.75. The summed E-state index contributed by atoms with van der Waals surface area (Å²) in [4.78, 5) is 11.9. The lowest BCUT2D eigenvalue weighted by Gasteiger charge is -2.12. The predicted octanol–water partition coefficient (Wildman–Crippen LogP) is 2.35. The molecule has 0 saturated carbocycles. The molecular formula is C16H25NO3. The van der Waals surface area contributed by atoms with Crippen molar-refractivity contribution in [3.8, 4) is 0 Å². The van der Waals surface area contributed by atoms with Gasteiger partial charge in [0.25, 0.3) is 0 Å². The monoisotopic (exact) mass is 279 g/mol. The van der Waals surface area contributed by atoms with Crippen LogP contribution in [-0.4, -0.2) is 38.9 Å². The fraction of sp³-hybridized carbons (Fsp3) is 0.562. The minimum atomic E-state index is -0.135. The van der Waals surface area contributed by atoms with E-state index in [2.05, 4.69) is 12.2 Å². The SMILES string of the molecule is CCCOCCOCCNC(=O)[C@@H](C)c1ccccc1. The molecular weight excluding hydrogens is 254 g/mol. The van der Waals surface area contributed by atoms with Crippen LogP contribution in [-0.2, 0) is 14.3 Å². The third-order valence-corrected chi connectivity index (χ3v) is 2.96. The molecule has 1 amide bonds. The Morgan fingerprint density at radius 2 is 1.75 bits per heavy atom. The molecule has 0 radical (unpaired) electrons. The summed E-state index contributed by atoms with van der Waals surface area (Å²) in [5.41, 5.74) is 1.03. The van der Waals surface area contributed by atoms with Gasteiger partial charge in [0.1, 0.15) is 0 Å². The highest BCUT2D eigenvalue weighted by Crippen LogP contribution is 2.13. The molecule has 112 valence electrons. The summed E-state index contributed by atoms with van der Waals surface area (Å²) < 4.78 is 10.7. The van der Waals surface area contributed by atoms with Crippen molar-refractivity contribution >= 4 is 5.91 Å². The Morgan fingerprint density at radius 1 is 1.10 bits per heavy atom. The molecule has 0 aliphatic heterocycles. The molecule has 4 heteroatoms. The van der Waals surface area contributed by atoms with Crippen molar-refractivity contribution in [2.45, 2.75) is 26.2 Å². The average molecular weight is 279 g/mol. The summed E-state index contributed by atoms with van der Waals surface area (Å²) >= 11 is 0. The fourth-order valence-electron chi connectivity index (χ4n) is 1.76. The Hall–Kier alpha value is -1.39. The van der Waals surface area contributed by atoms with Crippen LogP contribution in [0.4, 0.5) is 0 Å². The average Bonchev–Trinajstić information content (AvgIpc) is 2.50. The molecule has 0 bridgehead atoms. The maximum absolute atomic E-state index is 11.9. The highest BCUT2D eigenvalue weighted by molar-refractivity contribution is 5.83. The Balaban J connectivity index is 2.08. The van der Waals surface area contributed by atoms with Gasteiger partial charge < -0.3 is 14.8 Å². The summed E-state index contributed by atoms with van der Waals surface area (Å²) in [7, 11) is 0. The Bertz CT molecular complexity index is 367. The number of carbonyl (C=O) groups excluding carboxylic acids is 1. The molecule has 1 atom stereocenters. The van der Waals surface area contributed by atoms with Gasteiger partial charge in [-0.05, 0) is 18.9 Å². The maximum Gasteiger partial charge on any atom is 0.227 e. The topological polar surface area (TPSA) is 47.6 Å². The van der Waals surface area contributed by atoms with Crippen LogP contribution in [0.15, 0.2) is 30.3 Å². The molecule has 0 heterocycles. The molecule has 1 rings (SSSR count). The van der Waals surface area contributed by atoms with Crippen LogP contribution in [0.2, 0.25) is 0 Å². The van der Waals surface area contributed by atoms with Crippen LogP contribution in [0.3, 0.4) is 0 Å². The summed E-state index contributed by atoms with van der Waals surface area (Å²) in [6.45, 7) is 6.99. The molecule has 0 aliphatic carbocycles. The van der Waals surface area contributed by atoms with Gasteiger partial charge in [-0.2, -0.15) is 0 Å². The zero-order valence-electron chi connectivity index (χ0n) is 12.4. The zero-order valence-corrected chi connectivity index (χ0v) is 12.4. The number of amides is 1. The normalized spacial score (nSPS) is 12.1. The van der Waals surface area contributed by atoms with E-state index in [1.54, 1.807) is 0 Å². The van der Waals surface area contributed by atoms with Crippen molar-refractivity contribution in [3.63, 3.8) is 0 Å². The number of hydrogen-bond acceptors (Lipinski definition) is 3. The fourth-order valence-corrected chi connectivity index (χ4v) is 1.76. The van der Waals surface area contributed by atoms with Crippen molar-refractivity contribution in [3.05, 3.63) is 35.9 Å². The Morgan fingerprint density at radius 3 is 2.40 bits per heavy atom. The van der Waals surface area contributed by atoms with E-state index < -0.39 is 0 Å². The Kier molecular flexibility index (Phi) is 8.67. The number of carbonyl (C=O) groups is 1. The van der Waals surface area contributed by atoms with Crippen molar-refractivity contribution in [1.82, 2.24) is 5.32 Å². The van der Waals surface area contributed by atoms with E-state index in [0.29, 0.717) is 26.4 Å². The van der Waals surface area contributed by atoms with E-state index >= 15 is 0 Å². The van der Waals surface area contributed by atoms with Crippen LogP contribution in [0.1, 0.15) is 31.7 Å². The summed E-state index contributed by atoms with van der Waals surface area (Å²) in [6, 6.07) is 9.76. The summed E-state index contributed by atoms with van der Waals surface area (Å²) in [6.07, 6.45) is 1.02. The summed E-state index contributed by atoms with van der Waals surface area (Å²) in [5.74, 6) is -0.105. The second-order valence-corrected chi connectivity index (χ2v) is 4.65. The molecule has 20 heavy (non-hydrogen) atoms. The quantitative estimate of drug-likeness (QED) is 0.669. The molecule has 0 unspecified atom stereocenters. The van der Waals surface area contributed by atoms with Crippen molar-refractivity contribution in [2.24, 2.45) is 0 Å². The second-order valence-electron chi connectivity index (χ2n) is 4.65. The van der Waals surface area contributed by atoms with Gasteiger partial charge >= 0.3 is 0 Å². The smallest absolute Gasteiger partial charge is 0.227 e. The van der Waals surface area contributed by atoms with Crippen molar-refractivity contribution in [2.75, 3.05) is 33.0 Å². The number of rotatable bonds is 10. The minimum absolute atomic E-state index is 0.0297. The van der Waals surface area contributed by atoms with Crippen molar-refractivity contribution < 1.29 is 14.3 Å². The molecule has 1 N–H and O–H groups in total. The third-order valence-electron chi connectivity index (χ3n) is 2.96. The molecule has 0 aliphatic rings. The first-order valence-electron chi connectivity index (χ1n) is 7.23. The third kappa shape index (κ3) is 6.68. The number of ether oxygens (including phenoxy) is 2. The lowest BCUT2D eigenvalue weighted by molar-refractivity contribution is -0.122. The lowest BCUT2D eigenvalue weighted by atomic mass is 10.0. The standard InChI is InChI=1S/C16H25NO3/c1-3-10-19-12-13-20-11-9-17-16(18)14(2)15-7-5-4-6-8-15/h4-8,14H,3,9-13H2,1-2H3,(H,17,18)/t14-/m0/s1. The lowest BCUT2D eigenvalue weighted by Crippen LogP contribution is -2.31. The first-order valence-corrected chi connectivity index (χ1v) is 7.23. The summed E-state index contributed by atoms with van der Waals surface area (Å²) in [5, 5.41) is 2.88. The van der Waals surface area contributed by atoms with Gasteiger partial charge in [0.2, 0.25) is 5.91 Å². The number of benzene rings is 1. The molecule has 4 nitrogen and oxygen atoms in total. The van der Waals surface area contributed by atoms with Gasteiger partial charge in [0, 0.05) is 13.2 Å². The molecule has 0 spiro atoms. The predicted molar refractivity (Wildman–Crippen MR) is 79.8 cm³/mol. The van der Waals surface area contributed by atoms with Gasteiger partial charge in [-0.25, -0.2) is 0 Å². The van der Waals surface area contributed by atoms with E-state index in [4.69, 9.17) is 9.47 Å². The first kappa shape index (κ1) is 16.7. The minimum Gasteiger partial charge on any atom is -0.379 e. The van der Waals surface area contributed by atoms with Crippen LogP contribution in [0.25, 0.3) is 0 Å². The van der Waals surface area contributed by atoms with Gasteiger partial charge in [-0.3, -0.25) is 4.79 Å². The molecule has 0 aromatic heterocycles. The van der Waals surface area contributed by atoms with Crippen LogP contribution in [0, 0.1) is 0 Å². The van der Waals surface area contributed by atoms with Gasteiger partial charge in [-0.15, -0.1) is 0 Å². The number of nitrogens with one attached hydrogen (secondary N) is 1. The largest absolute Gasteiger partial charge is 0.379 e. The van der Waals surface area contributed by atoms with Crippen LogP contribution in [0.5, 0.6) is 0 Å². The van der Waals surface area contributed by atoms with Gasteiger partial charge in [0.05, 0.1) is 25.7 Å². The van der Waals surface area contributed by atoms with E-state index in [0.717, 1.165) is 18.6 Å². The molecule has 1 aromatic carbocycles. The zero-order chi connectivity index (χ0) is 14.6. The van der Waals surface area contributed by atoms with Gasteiger partial charge in [-0.1, -0.05) is 37.3 Å².